The second-order valence-corrected chi connectivity index (χ2v) is 9.86. The molecular weight excluding hydrogens is 481 g/mol. The molecule has 0 aliphatic heterocycles. The molecule has 0 fully saturated rings. The first-order valence-electron chi connectivity index (χ1n) is 10.0. The number of hydrogen-bond donors (Lipinski definition) is 0. The third-order valence-corrected chi connectivity index (χ3v) is 6.96. The standard InChI is InChI=1S/C25H21Cl2NO4S/c1-3-31-25-13-18(6-11-24(25)32-16-19-7-8-20(26)14-23(19)27)12-22(15-28)33(29,30)21-9-4-17(2)5-10-21/h4-14H,3,16H2,1-2H3. The molecule has 0 aliphatic rings. The number of ether oxygens (including phenoxy) is 2. The van der Waals surface area contributed by atoms with Crippen LogP contribution in [-0.4, -0.2) is 15.0 Å². The summed E-state index contributed by atoms with van der Waals surface area (Å²) in [5.41, 5.74) is 2.17. The van der Waals surface area contributed by atoms with Gasteiger partial charge in [0.2, 0.25) is 9.84 Å². The van der Waals surface area contributed by atoms with Crippen LogP contribution in [0.3, 0.4) is 0 Å². The normalized spacial score (nSPS) is 11.7. The molecule has 3 aromatic rings. The van der Waals surface area contributed by atoms with Crippen LogP contribution in [0.1, 0.15) is 23.6 Å². The minimum atomic E-state index is -3.95. The van der Waals surface area contributed by atoms with Crippen molar-refractivity contribution in [3.8, 4) is 17.6 Å². The summed E-state index contributed by atoms with van der Waals surface area (Å²) in [6.45, 7) is 4.25. The summed E-state index contributed by atoms with van der Waals surface area (Å²) in [7, 11) is -3.95. The lowest BCUT2D eigenvalue weighted by molar-refractivity contribution is 0.269. The quantitative estimate of drug-likeness (QED) is 0.324. The fourth-order valence-electron chi connectivity index (χ4n) is 2.96. The van der Waals surface area contributed by atoms with Crippen molar-refractivity contribution in [1.82, 2.24) is 0 Å². The lowest BCUT2D eigenvalue weighted by Gasteiger charge is -2.13. The Kier molecular flexibility index (Phi) is 8.04. The zero-order valence-corrected chi connectivity index (χ0v) is 20.3. The minimum Gasteiger partial charge on any atom is -0.490 e. The average Bonchev–Trinajstić information content (AvgIpc) is 2.78. The molecule has 0 N–H and O–H groups in total. The molecule has 170 valence electrons. The maximum absolute atomic E-state index is 12.9. The zero-order chi connectivity index (χ0) is 24.0. The molecule has 3 rings (SSSR count). The number of aryl methyl sites for hydroxylation is 1. The molecular formula is C25H21Cl2NO4S. The maximum Gasteiger partial charge on any atom is 0.216 e. The van der Waals surface area contributed by atoms with Crippen molar-refractivity contribution in [2.24, 2.45) is 0 Å². The number of allylic oxidation sites excluding steroid dienone is 1. The van der Waals surface area contributed by atoms with Gasteiger partial charge in [0.25, 0.3) is 0 Å². The average molecular weight is 502 g/mol. The summed E-state index contributed by atoms with van der Waals surface area (Å²) in [5, 5.41) is 10.6. The van der Waals surface area contributed by atoms with E-state index in [1.165, 1.54) is 18.2 Å². The number of nitriles is 1. The fraction of sp³-hybridized carbons (Fsp3) is 0.160. The summed E-state index contributed by atoms with van der Waals surface area (Å²) in [6.07, 6.45) is 1.32. The van der Waals surface area contributed by atoms with Gasteiger partial charge < -0.3 is 9.47 Å². The highest BCUT2D eigenvalue weighted by Crippen LogP contribution is 2.32. The van der Waals surface area contributed by atoms with E-state index in [1.54, 1.807) is 54.6 Å². The molecule has 0 atom stereocenters. The Morgan fingerprint density at radius 2 is 1.73 bits per heavy atom. The van der Waals surface area contributed by atoms with Gasteiger partial charge in [-0.15, -0.1) is 0 Å². The summed E-state index contributed by atoms with van der Waals surface area (Å²) in [6, 6.07) is 18.2. The number of hydrogen-bond acceptors (Lipinski definition) is 5. The van der Waals surface area contributed by atoms with E-state index in [9.17, 15) is 13.7 Å². The molecule has 0 unspecified atom stereocenters. The van der Waals surface area contributed by atoms with Crippen molar-refractivity contribution in [1.29, 1.82) is 5.26 Å². The van der Waals surface area contributed by atoms with E-state index in [-0.39, 0.29) is 16.4 Å². The van der Waals surface area contributed by atoms with Crippen LogP contribution < -0.4 is 9.47 Å². The summed E-state index contributed by atoms with van der Waals surface area (Å²) < 4.78 is 37.4. The van der Waals surface area contributed by atoms with Crippen LogP contribution in [0, 0.1) is 18.3 Å². The summed E-state index contributed by atoms with van der Waals surface area (Å²) in [4.78, 5) is -0.304. The van der Waals surface area contributed by atoms with Crippen LogP contribution in [0.15, 0.2) is 70.5 Å². The molecule has 0 aromatic heterocycles. The molecule has 0 saturated carbocycles. The second kappa shape index (κ2) is 10.8. The maximum atomic E-state index is 12.9. The van der Waals surface area contributed by atoms with Gasteiger partial charge in [0, 0.05) is 15.6 Å². The van der Waals surface area contributed by atoms with E-state index < -0.39 is 9.84 Å². The molecule has 0 heterocycles. The molecule has 0 bridgehead atoms. The van der Waals surface area contributed by atoms with E-state index in [2.05, 4.69) is 0 Å². The second-order valence-electron chi connectivity index (χ2n) is 7.10. The SMILES string of the molecule is CCOc1cc(C=C(C#N)S(=O)(=O)c2ccc(C)cc2)ccc1OCc1ccc(Cl)cc1Cl. The Labute approximate surface area is 203 Å². The monoisotopic (exact) mass is 501 g/mol. The first kappa shape index (κ1) is 24.7. The minimum absolute atomic E-state index is 0.0609. The van der Waals surface area contributed by atoms with Gasteiger partial charge in [0.05, 0.1) is 11.5 Å². The van der Waals surface area contributed by atoms with Crippen LogP contribution in [0.2, 0.25) is 10.0 Å². The van der Waals surface area contributed by atoms with E-state index >= 15 is 0 Å². The van der Waals surface area contributed by atoms with Crippen molar-refractivity contribution in [2.75, 3.05) is 6.61 Å². The molecule has 0 aliphatic carbocycles. The molecule has 0 saturated heterocycles. The Balaban J connectivity index is 1.90. The van der Waals surface area contributed by atoms with E-state index in [1.807, 2.05) is 13.8 Å². The van der Waals surface area contributed by atoms with Crippen molar-refractivity contribution in [3.63, 3.8) is 0 Å². The number of rotatable bonds is 8. The fourth-order valence-corrected chi connectivity index (χ4v) is 4.58. The molecule has 0 radical (unpaired) electrons. The summed E-state index contributed by atoms with van der Waals surface area (Å²) in [5.74, 6) is 0.876. The predicted molar refractivity (Wildman–Crippen MR) is 130 cm³/mol. The van der Waals surface area contributed by atoms with Crippen molar-refractivity contribution in [3.05, 3.63) is 92.3 Å². The van der Waals surface area contributed by atoms with Crippen molar-refractivity contribution in [2.45, 2.75) is 25.3 Å². The molecule has 0 spiro atoms. The molecule has 0 amide bonds. The zero-order valence-electron chi connectivity index (χ0n) is 18.0. The van der Waals surface area contributed by atoms with Crippen molar-refractivity contribution >= 4 is 39.1 Å². The van der Waals surface area contributed by atoms with Gasteiger partial charge >= 0.3 is 0 Å². The van der Waals surface area contributed by atoms with Gasteiger partial charge in [0.15, 0.2) is 11.5 Å². The number of sulfone groups is 1. The highest BCUT2D eigenvalue weighted by atomic mass is 35.5. The number of benzene rings is 3. The highest BCUT2D eigenvalue weighted by Gasteiger charge is 2.21. The predicted octanol–water partition coefficient (Wildman–Crippen LogP) is 6.62. The van der Waals surface area contributed by atoms with Crippen LogP contribution in [0.25, 0.3) is 6.08 Å². The van der Waals surface area contributed by atoms with E-state index in [4.69, 9.17) is 32.7 Å². The highest BCUT2D eigenvalue weighted by molar-refractivity contribution is 7.95. The van der Waals surface area contributed by atoms with E-state index in [0.29, 0.717) is 33.7 Å². The first-order chi connectivity index (χ1) is 15.7. The topological polar surface area (TPSA) is 76.4 Å². The molecule has 8 heteroatoms. The van der Waals surface area contributed by atoms with Crippen LogP contribution in [-0.2, 0) is 16.4 Å². The van der Waals surface area contributed by atoms with Gasteiger partial charge in [-0.1, -0.05) is 53.0 Å². The van der Waals surface area contributed by atoms with Crippen LogP contribution in [0.4, 0.5) is 0 Å². The van der Waals surface area contributed by atoms with Crippen molar-refractivity contribution < 1.29 is 17.9 Å². The van der Waals surface area contributed by atoms with Gasteiger partial charge in [-0.25, -0.2) is 8.42 Å². The molecule has 33 heavy (non-hydrogen) atoms. The van der Waals surface area contributed by atoms with Gasteiger partial charge in [-0.05, 0) is 61.9 Å². The molecule has 5 nitrogen and oxygen atoms in total. The Bertz CT molecular complexity index is 1330. The number of nitrogens with zero attached hydrogens (tertiary/aromatic N) is 1. The Hall–Kier alpha value is -2.98. The van der Waals surface area contributed by atoms with Gasteiger partial charge in [-0.3, -0.25) is 0 Å². The number of halogens is 2. The lowest BCUT2D eigenvalue weighted by atomic mass is 10.2. The van der Waals surface area contributed by atoms with Crippen LogP contribution >= 0.6 is 23.2 Å². The van der Waals surface area contributed by atoms with Gasteiger partial charge in [0.1, 0.15) is 17.6 Å². The Morgan fingerprint density at radius 3 is 2.36 bits per heavy atom. The van der Waals surface area contributed by atoms with E-state index in [0.717, 1.165) is 11.1 Å². The lowest BCUT2D eigenvalue weighted by Crippen LogP contribution is -2.04. The smallest absolute Gasteiger partial charge is 0.216 e. The van der Waals surface area contributed by atoms with Gasteiger partial charge in [-0.2, -0.15) is 5.26 Å². The third kappa shape index (κ3) is 6.08. The Morgan fingerprint density at radius 1 is 1.00 bits per heavy atom. The summed E-state index contributed by atoms with van der Waals surface area (Å²) >= 11 is 12.1. The third-order valence-electron chi connectivity index (χ3n) is 4.69. The van der Waals surface area contributed by atoms with Crippen LogP contribution in [0.5, 0.6) is 11.5 Å². The first-order valence-corrected chi connectivity index (χ1v) is 12.3. The largest absolute Gasteiger partial charge is 0.490 e. The molecule has 3 aromatic carbocycles.